The standard InChI is InChI=1S/C13H14FN3O2/c1-6-8(3)17-19-13(6)16-12(18)9-4-10(14)7(2)11(15)5-9/h4-5H,15H2,1-3H3,(H,16,18). The lowest BCUT2D eigenvalue weighted by Gasteiger charge is -2.06. The van der Waals surface area contributed by atoms with Crippen molar-refractivity contribution in [3.63, 3.8) is 0 Å². The van der Waals surface area contributed by atoms with Crippen LogP contribution in [-0.2, 0) is 0 Å². The van der Waals surface area contributed by atoms with Crippen LogP contribution < -0.4 is 11.1 Å². The number of carbonyl (C=O) groups is 1. The largest absolute Gasteiger partial charge is 0.398 e. The number of carbonyl (C=O) groups excluding carboxylic acids is 1. The van der Waals surface area contributed by atoms with Crippen LogP contribution >= 0.6 is 0 Å². The molecule has 0 bridgehead atoms. The molecule has 100 valence electrons. The molecule has 0 radical (unpaired) electrons. The second-order valence-corrected chi connectivity index (χ2v) is 4.35. The van der Waals surface area contributed by atoms with Crippen molar-refractivity contribution >= 4 is 17.5 Å². The molecule has 0 aliphatic rings. The first-order valence-corrected chi connectivity index (χ1v) is 5.70. The Balaban J connectivity index is 2.28. The number of benzene rings is 1. The molecule has 1 heterocycles. The minimum Gasteiger partial charge on any atom is -0.398 e. The summed E-state index contributed by atoms with van der Waals surface area (Å²) in [7, 11) is 0. The molecule has 0 saturated heterocycles. The van der Waals surface area contributed by atoms with Gasteiger partial charge < -0.3 is 10.3 Å². The normalized spacial score (nSPS) is 10.5. The van der Waals surface area contributed by atoms with Crippen LogP contribution in [0.5, 0.6) is 0 Å². The van der Waals surface area contributed by atoms with Gasteiger partial charge in [0, 0.05) is 22.4 Å². The lowest BCUT2D eigenvalue weighted by molar-refractivity contribution is 0.102. The molecule has 5 nitrogen and oxygen atoms in total. The SMILES string of the molecule is Cc1noc(NC(=O)c2cc(N)c(C)c(F)c2)c1C. The molecule has 2 aromatic rings. The summed E-state index contributed by atoms with van der Waals surface area (Å²) in [6.45, 7) is 5.08. The Kier molecular flexibility index (Phi) is 3.25. The molecule has 1 amide bonds. The van der Waals surface area contributed by atoms with Gasteiger partial charge in [-0.2, -0.15) is 0 Å². The molecule has 1 aromatic heterocycles. The van der Waals surface area contributed by atoms with Crippen molar-refractivity contribution in [1.29, 1.82) is 0 Å². The van der Waals surface area contributed by atoms with E-state index in [4.69, 9.17) is 10.3 Å². The zero-order valence-electron chi connectivity index (χ0n) is 10.9. The summed E-state index contributed by atoms with van der Waals surface area (Å²) in [5, 5.41) is 6.25. The highest BCUT2D eigenvalue weighted by atomic mass is 19.1. The number of nitrogens with one attached hydrogen (secondary N) is 1. The Morgan fingerprint density at radius 3 is 2.53 bits per heavy atom. The molecule has 0 atom stereocenters. The van der Waals surface area contributed by atoms with E-state index in [0.717, 1.165) is 11.6 Å². The number of hydrogen-bond acceptors (Lipinski definition) is 4. The number of nitrogens with zero attached hydrogens (tertiary/aromatic N) is 1. The third-order valence-electron chi connectivity index (χ3n) is 3.03. The third-order valence-corrected chi connectivity index (χ3v) is 3.03. The van der Waals surface area contributed by atoms with Crippen LogP contribution in [0.4, 0.5) is 16.0 Å². The first kappa shape index (κ1) is 13.1. The van der Waals surface area contributed by atoms with E-state index in [-0.39, 0.29) is 17.1 Å². The lowest BCUT2D eigenvalue weighted by Crippen LogP contribution is -2.13. The van der Waals surface area contributed by atoms with E-state index in [2.05, 4.69) is 10.5 Å². The van der Waals surface area contributed by atoms with Gasteiger partial charge >= 0.3 is 0 Å². The number of hydrogen-bond donors (Lipinski definition) is 2. The van der Waals surface area contributed by atoms with E-state index in [1.165, 1.54) is 6.07 Å². The molecular formula is C13H14FN3O2. The van der Waals surface area contributed by atoms with Crippen LogP contribution in [0.2, 0.25) is 0 Å². The minimum atomic E-state index is -0.518. The average molecular weight is 263 g/mol. The van der Waals surface area contributed by atoms with Crippen LogP contribution in [-0.4, -0.2) is 11.1 Å². The van der Waals surface area contributed by atoms with Gasteiger partial charge in [0.2, 0.25) is 5.88 Å². The van der Waals surface area contributed by atoms with E-state index < -0.39 is 11.7 Å². The van der Waals surface area contributed by atoms with Crippen molar-refractivity contribution in [2.45, 2.75) is 20.8 Å². The summed E-state index contributed by atoms with van der Waals surface area (Å²) in [6.07, 6.45) is 0. The Morgan fingerprint density at radius 1 is 1.32 bits per heavy atom. The van der Waals surface area contributed by atoms with Gasteiger partial charge in [-0.15, -0.1) is 0 Å². The van der Waals surface area contributed by atoms with Crippen molar-refractivity contribution < 1.29 is 13.7 Å². The molecule has 0 fully saturated rings. The lowest BCUT2D eigenvalue weighted by atomic mass is 10.1. The monoisotopic (exact) mass is 263 g/mol. The van der Waals surface area contributed by atoms with Crippen LogP contribution in [0.3, 0.4) is 0 Å². The Hall–Kier alpha value is -2.37. The molecule has 6 heteroatoms. The number of rotatable bonds is 2. The fourth-order valence-electron chi connectivity index (χ4n) is 1.54. The summed E-state index contributed by atoms with van der Waals surface area (Å²) in [4.78, 5) is 12.0. The van der Waals surface area contributed by atoms with Gasteiger partial charge in [-0.05, 0) is 32.9 Å². The zero-order chi connectivity index (χ0) is 14.2. The summed E-state index contributed by atoms with van der Waals surface area (Å²) in [6, 6.07) is 2.56. The molecule has 0 unspecified atom stereocenters. The predicted molar refractivity (Wildman–Crippen MR) is 69.5 cm³/mol. The number of nitrogen functional groups attached to an aromatic ring is 1. The number of aryl methyl sites for hydroxylation is 1. The van der Waals surface area contributed by atoms with E-state index in [1.807, 2.05) is 0 Å². The van der Waals surface area contributed by atoms with E-state index in [0.29, 0.717) is 11.3 Å². The van der Waals surface area contributed by atoms with E-state index in [9.17, 15) is 9.18 Å². The van der Waals surface area contributed by atoms with E-state index in [1.54, 1.807) is 20.8 Å². The van der Waals surface area contributed by atoms with E-state index >= 15 is 0 Å². The summed E-state index contributed by atoms with van der Waals surface area (Å²) >= 11 is 0. The van der Waals surface area contributed by atoms with Crippen molar-refractivity contribution in [1.82, 2.24) is 5.16 Å². The average Bonchev–Trinajstić information content (AvgIpc) is 2.67. The van der Waals surface area contributed by atoms with Crippen LogP contribution in [0.15, 0.2) is 16.7 Å². The van der Waals surface area contributed by atoms with Crippen molar-refractivity contribution in [3.05, 3.63) is 40.3 Å². The molecule has 0 aliphatic heterocycles. The summed E-state index contributed by atoms with van der Waals surface area (Å²) in [5.74, 6) is -0.762. The van der Waals surface area contributed by atoms with Gasteiger partial charge in [-0.25, -0.2) is 4.39 Å². The number of aromatic nitrogens is 1. The molecule has 2 rings (SSSR count). The maximum Gasteiger partial charge on any atom is 0.258 e. The minimum absolute atomic E-state index is 0.133. The fourth-order valence-corrected chi connectivity index (χ4v) is 1.54. The molecule has 1 aromatic carbocycles. The zero-order valence-corrected chi connectivity index (χ0v) is 10.9. The summed E-state index contributed by atoms with van der Waals surface area (Å²) < 4.78 is 18.5. The molecule has 19 heavy (non-hydrogen) atoms. The highest BCUT2D eigenvalue weighted by molar-refractivity contribution is 6.04. The highest BCUT2D eigenvalue weighted by Crippen LogP contribution is 2.21. The van der Waals surface area contributed by atoms with Gasteiger partial charge in [-0.1, -0.05) is 5.16 Å². The van der Waals surface area contributed by atoms with Crippen LogP contribution in [0, 0.1) is 26.6 Å². The van der Waals surface area contributed by atoms with Gasteiger partial charge in [0.05, 0.1) is 5.69 Å². The Morgan fingerprint density at radius 2 is 2.00 bits per heavy atom. The van der Waals surface area contributed by atoms with Crippen molar-refractivity contribution in [2.75, 3.05) is 11.1 Å². The smallest absolute Gasteiger partial charge is 0.258 e. The molecule has 0 aliphatic carbocycles. The number of nitrogens with two attached hydrogens (primary N) is 1. The fraction of sp³-hybridized carbons (Fsp3) is 0.231. The third kappa shape index (κ3) is 2.42. The van der Waals surface area contributed by atoms with Gasteiger partial charge in [0.25, 0.3) is 5.91 Å². The van der Waals surface area contributed by atoms with Crippen LogP contribution in [0.1, 0.15) is 27.2 Å². The Bertz CT molecular complexity index is 626. The quantitative estimate of drug-likeness (QED) is 0.816. The maximum absolute atomic E-state index is 13.5. The number of amides is 1. The van der Waals surface area contributed by atoms with Gasteiger partial charge in [0.1, 0.15) is 5.82 Å². The molecular weight excluding hydrogens is 249 g/mol. The first-order chi connectivity index (χ1) is 8.90. The first-order valence-electron chi connectivity index (χ1n) is 5.70. The maximum atomic E-state index is 13.5. The second kappa shape index (κ2) is 4.72. The van der Waals surface area contributed by atoms with Crippen molar-refractivity contribution in [2.24, 2.45) is 0 Å². The molecule has 3 N–H and O–H groups in total. The molecule has 0 spiro atoms. The second-order valence-electron chi connectivity index (χ2n) is 4.35. The topological polar surface area (TPSA) is 81.2 Å². The van der Waals surface area contributed by atoms with Gasteiger partial charge in [0.15, 0.2) is 0 Å². The number of anilines is 2. The van der Waals surface area contributed by atoms with Crippen LogP contribution in [0.25, 0.3) is 0 Å². The molecule has 0 saturated carbocycles. The van der Waals surface area contributed by atoms with Gasteiger partial charge in [-0.3, -0.25) is 10.1 Å². The highest BCUT2D eigenvalue weighted by Gasteiger charge is 2.15. The predicted octanol–water partition coefficient (Wildman–Crippen LogP) is 2.57. The summed E-state index contributed by atoms with van der Waals surface area (Å²) in [5.41, 5.74) is 7.73. The number of halogens is 1. The van der Waals surface area contributed by atoms with Crippen molar-refractivity contribution in [3.8, 4) is 0 Å². The Labute approximate surface area is 109 Å².